The van der Waals surface area contributed by atoms with Gasteiger partial charge >= 0.3 is 0 Å². The molecule has 2 aromatic heterocycles. The van der Waals surface area contributed by atoms with Crippen LogP contribution in [0.1, 0.15) is 12.8 Å². The van der Waals surface area contributed by atoms with Crippen LogP contribution in [0.4, 0.5) is 5.95 Å². The Bertz CT molecular complexity index is 522. The Labute approximate surface area is 103 Å². The normalized spacial score (nSPS) is 14.9. The number of rotatable bonds is 3. The first-order chi connectivity index (χ1) is 8.24. The molecule has 88 valence electrons. The number of anilines is 1. The molecule has 3 rings (SSSR count). The molecule has 7 heteroatoms. The largest absolute Gasteiger partial charge is 0.341 e. The van der Waals surface area contributed by atoms with Gasteiger partial charge in [-0.05, 0) is 30.5 Å². The summed E-state index contributed by atoms with van der Waals surface area (Å²) in [7, 11) is 1.97. The summed E-state index contributed by atoms with van der Waals surface area (Å²) in [5, 5.41) is 4.26. The Morgan fingerprint density at radius 1 is 1.35 bits per heavy atom. The number of hydrogen-bond donors (Lipinski definition) is 0. The molecule has 0 amide bonds. The first-order valence-corrected chi connectivity index (χ1v) is 5.76. The minimum atomic E-state index is 0.188. The monoisotopic (exact) mass is 250 g/mol. The standard InChI is InChI=1S/C10H11ClN6/c1-16(7-3-4-7)9-13-8(11)14-10(15-9)17-6-2-5-12-17/h2,5-7H,3-4H2,1H3. The molecule has 2 aromatic rings. The van der Waals surface area contributed by atoms with Crippen molar-refractivity contribution in [3.05, 3.63) is 23.7 Å². The van der Waals surface area contributed by atoms with E-state index < -0.39 is 0 Å². The zero-order valence-corrected chi connectivity index (χ0v) is 10.0. The molecule has 0 bridgehead atoms. The van der Waals surface area contributed by atoms with Crippen molar-refractivity contribution < 1.29 is 0 Å². The van der Waals surface area contributed by atoms with Crippen molar-refractivity contribution in [3.63, 3.8) is 0 Å². The molecular formula is C10H11ClN6. The first-order valence-electron chi connectivity index (χ1n) is 5.38. The second kappa shape index (κ2) is 3.96. The van der Waals surface area contributed by atoms with Crippen LogP contribution in [0.2, 0.25) is 5.28 Å². The average molecular weight is 251 g/mol. The van der Waals surface area contributed by atoms with Gasteiger partial charge in [-0.3, -0.25) is 0 Å². The molecule has 1 aliphatic rings. The van der Waals surface area contributed by atoms with Crippen LogP contribution in [-0.4, -0.2) is 37.8 Å². The number of halogens is 1. The van der Waals surface area contributed by atoms with Gasteiger partial charge in [0, 0.05) is 25.5 Å². The van der Waals surface area contributed by atoms with Crippen LogP contribution in [0.5, 0.6) is 0 Å². The summed E-state index contributed by atoms with van der Waals surface area (Å²) < 4.78 is 1.57. The fourth-order valence-corrected chi connectivity index (χ4v) is 1.75. The van der Waals surface area contributed by atoms with E-state index in [1.807, 2.05) is 18.0 Å². The lowest BCUT2D eigenvalue weighted by Crippen LogP contribution is -2.23. The second-order valence-corrected chi connectivity index (χ2v) is 4.34. The fourth-order valence-electron chi connectivity index (χ4n) is 1.60. The van der Waals surface area contributed by atoms with E-state index >= 15 is 0 Å². The molecule has 1 saturated carbocycles. The Kier molecular flexibility index (Phi) is 2.44. The van der Waals surface area contributed by atoms with E-state index in [1.165, 1.54) is 12.8 Å². The molecule has 17 heavy (non-hydrogen) atoms. The topological polar surface area (TPSA) is 59.7 Å². The van der Waals surface area contributed by atoms with Crippen molar-refractivity contribution in [3.8, 4) is 5.95 Å². The van der Waals surface area contributed by atoms with Gasteiger partial charge in [0.25, 0.3) is 5.95 Å². The molecule has 0 N–H and O–H groups in total. The minimum absolute atomic E-state index is 0.188. The van der Waals surface area contributed by atoms with Crippen LogP contribution in [0.3, 0.4) is 0 Å². The highest BCUT2D eigenvalue weighted by Gasteiger charge is 2.28. The molecule has 0 spiro atoms. The predicted octanol–water partition coefficient (Wildman–Crippen LogP) is 1.31. The smallest absolute Gasteiger partial charge is 0.256 e. The first kappa shape index (κ1) is 10.5. The maximum Gasteiger partial charge on any atom is 0.256 e. The van der Waals surface area contributed by atoms with Crippen LogP contribution in [-0.2, 0) is 0 Å². The number of aromatic nitrogens is 5. The summed E-state index contributed by atoms with van der Waals surface area (Å²) in [5.41, 5.74) is 0. The fraction of sp³-hybridized carbons (Fsp3) is 0.400. The maximum absolute atomic E-state index is 5.91. The van der Waals surface area contributed by atoms with Gasteiger partial charge in [0.2, 0.25) is 11.2 Å². The van der Waals surface area contributed by atoms with Gasteiger partial charge in [-0.15, -0.1) is 0 Å². The minimum Gasteiger partial charge on any atom is -0.341 e. The average Bonchev–Trinajstić information content (AvgIpc) is 3.02. The maximum atomic E-state index is 5.91. The van der Waals surface area contributed by atoms with Gasteiger partial charge in [-0.2, -0.15) is 20.1 Å². The van der Waals surface area contributed by atoms with Gasteiger partial charge in [-0.1, -0.05) is 0 Å². The Morgan fingerprint density at radius 3 is 2.82 bits per heavy atom. The molecule has 0 saturated heterocycles. The molecule has 0 aromatic carbocycles. The van der Waals surface area contributed by atoms with Gasteiger partial charge in [0.05, 0.1) is 0 Å². The van der Waals surface area contributed by atoms with Gasteiger partial charge in [0.15, 0.2) is 0 Å². The van der Waals surface area contributed by atoms with Gasteiger partial charge in [0.1, 0.15) is 0 Å². The zero-order valence-electron chi connectivity index (χ0n) is 9.28. The van der Waals surface area contributed by atoms with E-state index in [2.05, 4.69) is 20.1 Å². The summed E-state index contributed by atoms with van der Waals surface area (Å²) in [6.07, 6.45) is 5.79. The van der Waals surface area contributed by atoms with Gasteiger partial charge < -0.3 is 4.90 Å². The van der Waals surface area contributed by atoms with Crippen molar-refractivity contribution in [1.29, 1.82) is 0 Å². The molecule has 2 heterocycles. The lowest BCUT2D eigenvalue weighted by atomic mass is 10.6. The van der Waals surface area contributed by atoms with Crippen molar-refractivity contribution in [2.75, 3.05) is 11.9 Å². The van der Waals surface area contributed by atoms with Crippen molar-refractivity contribution >= 4 is 17.5 Å². The third kappa shape index (κ3) is 2.08. The SMILES string of the molecule is CN(c1nc(Cl)nc(-n2cccn2)n1)C1CC1. The second-order valence-electron chi connectivity index (χ2n) is 4.00. The lowest BCUT2D eigenvalue weighted by Gasteiger charge is -2.16. The summed E-state index contributed by atoms with van der Waals surface area (Å²) in [4.78, 5) is 14.6. The zero-order chi connectivity index (χ0) is 11.8. The van der Waals surface area contributed by atoms with Crippen LogP contribution in [0.25, 0.3) is 5.95 Å². The predicted molar refractivity (Wildman–Crippen MR) is 63.4 cm³/mol. The molecule has 0 unspecified atom stereocenters. The molecule has 1 aliphatic carbocycles. The third-order valence-electron chi connectivity index (χ3n) is 2.70. The molecule has 0 radical (unpaired) electrons. The lowest BCUT2D eigenvalue weighted by molar-refractivity contribution is 0.772. The quantitative estimate of drug-likeness (QED) is 0.822. The highest BCUT2D eigenvalue weighted by Crippen LogP contribution is 2.28. The number of hydrogen-bond acceptors (Lipinski definition) is 5. The van der Waals surface area contributed by atoms with E-state index in [0.29, 0.717) is 17.9 Å². The van der Waals surface area contributed by atoms with Crippen LogP contribution in [0.15, 0.2) is 18.5 Å². The summed E-state index contributed by atoms with van der Waals surface area (Å²) >= 11 is 5.91. The Morgan fingerprint density at radius 2 is 2.18 bits per heavy atom. The van der Waals surface area contributed by atoms with E-state index in [1.54, 1.807) is 17.1 Å². The summed E-state index contributed by atoms with van der Waals surface area (Å²) in [6, 6.07) is 2.33. The summed E-state index contributed by atoms with van der Waals surface area (Å²) in [5.74, 6) is 1.04. The van der Waals surface area contributed by atoms with E-state index in [-0.39, 0.29) is 5.28 Å². The van der Waals surface area contributed by atoms with Gasteiger partial charge in [-0.25, -0.2) is 4.68 Å². The molecule has 0 atom stereocenters. The molecule has 0 aliphatic heterocycles. The van der Waals surface area contributed by atoms with E-state index in [9.17, 15) is 0 Å². The van der Waals surface area contributed by atoms with Crippen LogP contribution >= 0.6 is 11.6 Å². The molecule has 6 nitrogen and oxygen atoms in total. The Hall–Kier alpha value is -1.69. The van der Waals surface area contributed by atoms with Crippen LogP contribution < -0.4 is 4.90 Å². The molecule has 1 fully saturated rings. The van der Waals surface area contributed by atoms with Crippen molar-refractivity contribution in [2.45, 2.75) is 18.9 Å². The van der Waals surface area contributed by atoms with Crippen LogP contribution in [0, 0.1) is 0 Å². The van der Waals surface area contributed by atoms with E-state index in [4.69, 9.17) is 11.6 Å². The molecular weight excluding hydrogens is 240 g/mol. The highest BCUT2D eigenvalue weighted by molar-refractivity contribution is 6.28. The third-order valence-corrected chi connectivity index (χ3v) is 2.87. The summed E-state index contributed by atoms with van der Waals surface area (Å²) in [6.45, 7) is 0. The number of nitrogens with zero attached hydrogens (tertiary/aromatic N) is 6. The van der Waals surface area contributed by atoms with Crippen molar-refractivity contribution in [1.82, 2.24) is 24.7 Å². The van der Waals surface area contributed by atoms with E-state index in [0.717, 1.165) is 0 Å². The van der Waals surface area contributed by atoms with Crippen molar-refractivity contribution in [2.24, 2.45) is 0 Å². The highest BCUT2D eigenvalue weighted by atomic mass is 35.5. The Balaban J connectivity index is 2.00.